The van der Waals surface area contributed by atoms with E-state index in [2.05, 4.69) is 60.1 Å². The Hall–Kier alpha value is -1.80. The molecule has 0 bridgehead atoms. The van der Waals surface area contributed by atoms with Gasteiger partial charge in [-0.2, -0.15) is 0 Å². The SMILES string of the molecule is CCCC1=Cc2c(-c3ccc(C(F)(F)F)cc3)cccc2[CH]1[Zr+2]([CH]1C(CCC)=Cc2c(-c3ccc(C(F)(F)F)cc3)cccc21)=[Sn]([CH3])[CH3].[Cl-].[Cl-]. The van der Waals surface area contributed by atoms with Crippen LogP contribution in [0.5, 0.6) is 0 Å². The second kappa shape index (κ2) is 16.5. The van der Waals surface area contributed by atoms with Gasteiger partial charge in [0.15, 0.2) is 0 Å². The van der Waals surface area contributed by atoms with E-state index < -0.39 is 55.0 Å². The zero-order chi connectivity index (χ0) is 34.4. The second-order valence-corrected chi connectivity index (χ2v) is 50.0. The normalized spacial score (nSPS) is 16.3. The molecule has 0 saturated carbocycles. The average Bonchev–Trinajstić information content (AvgIpc) is 3.59. The molecule has 10 heteroatoms. The molecule has 0 N–H and O–H groups in total. The Kier molecular flexibility index (Phi) is 13.5. The molecule has 0 heterocycles. The Morgan fingerprint density at radius 1 is 0.560 bits per heavy atom. The molecule has 4 aromatic rings. The van der Waals surface area contributed by atoms with Crippen molar-refractivity contribution in [2.75, 3.05) is 0 Å². The number of allylic oxidation sites excluding steroid dienone is 2. The monoisotopic (exact) mass is 912 g/mol. The van der Waals surface area contributed by atoms with Gasteiger partial charge in [-0.1, -0.05) is 0 Å². The third-order valence-corrected chi connectivity index (χ3v) is 48.1. The predicted molar refractivity (Wildman–Crippen MR) is 182 cm³/mol. The van der Waals surface area contributed by atoms with E-state index >= 15 is 0 Å². The van der Waals surface area contributed by atoms with E-state index in [1.807, 2.05) is 12.1 Å². The molecule has 262 valence electrons. The number of hydrogen-bond acceptors (Lipinski definition) is 0. The van der Waals surface area contributed by atoms with Gasteiger partial charge in [0.1, 0.15) is 0 Å². The van der Waals surface area contributed by atoms with Gasteiger partial charge in [-0.3, -0.25) is 0 Å². The van der Waals surface area contributed by atoms with Crippen molar-refractivity contribution in [3.8, 4) is 22.3 Å². The van der Waals surface area contributed by atoms with Gasteiger partial charge >= 0.3 is 291 Å². The van der Waals surface area contributed by atoms with Crippen LogP contribution in [0, 0.1) is 0 Å². The summed E-state index contributed by atoms with van der Waals surface area (Å²) in [6.07, 6.45) is -0.0164. The maximum atomic E-state index is 13.4. The first kappa shape index (κ1) is 41.0. The molecule has 0 aliphatic heterocycles. The predicted octanol–water partition coefficient (Wildman–Crippen LogP) is 7.11. The molecule has 2 aliphatic rings. The summed E-state index contributed by atoms with van der Waals surface area (Å²) in [6.45, 7) is 4.42. The van der Waals surface area contributed by atoms with E-state index in [-0.39, 0.29) is 24.8 Å². The Labute approximate surface area is 313 Å². The summed E-state index contributed by atoms with van der Waals surface area (Å²) >= 11 is -4.32. The first-order valence-corrected chi connectivity index (χ1v) is 34.7. The van der Waals surface area contributed by atoms with E-state index in [1.165, 1.54) is 46.5 Å². The van der Waals surface area contributed by atoms with Crippen LogP contribution in [0.4, 0.5) is 26.3 Å². The summed E-state index contributed by atoms with van der Waals surface area (Å²) in [4.78, 5) is 5.11. The summed E-state index contributed by atoms with van der Waals surface area (Å²) in [6, 6.07) is 23.8. The van der Waals surface area contributed by atoms with Crippen LogP contribution in [0.1, 0.15) is 80.2 Å². The molecule has 6 rings (SSSR count). The van der Waals surface area contributed by atoms with Gasteiger partial charge < -0.3 is 24.8 Å². The number of rotatable bonds is 8. The molecule has 0 radical (unpaired) electrons. The molecular formula is C40H38Cl2F6SnZr. The summed E-state index contributed by atoms with van der Waals surface area (Å²) in [5, 5.41) is 0. The van der Waals surface area contributed by atoms with Crippen LogP contribution >= 0.6 is 0 Å². The molecule has 4 aromatic carbocycles. The van der Waals surface area contributed by atoms with Gasteiger partial charge in [0, 0.05) is 0 Å². The van der Waals surface area contributed by atoms with Crippen LogP contribution < -0.4 is 24.8 Å². The van der Waals surface area contributed by atoms with Crippen LogP contribution in [-0.2, 0) is 29.3 Å². The van der Waals surface area contributed by atoms with E-state index in [9.17, 15) is 26.3 Å². The van der Waals surface area contributed by atoms with E-state index in [0.29, 0.717) is 7.25 Å². The third-order valence-electron chi connectivity index (χ3n) is 9.63. The Morgan fingerprint density at radius 3 is 1.22 bits per heavy atom. The average molecular weight is 914 g/mol. The van der Waals surface area contributed by atoms with Crippen molar-refractivity contribution >= 4 is 26.7 Å². The molecule has 0 spiro atoms. The first-order chi connectivity index (χ1) is 22.8. The van der Waals surface area contributed by atoms with Gasteiger partial charge in [0.05, 0.1) is 0 Å². The van der Waals surface area contributed by atoms with E-state index in [4.69, 9.17) is 0 Å². The fourth-order valence-corrected chi connectivity index (χ4v) is 48.2. The number of alkyl halides is 6. The fourth-order valence-electron chi connectivity index (χ4n) is 7.60. The molecule has 2 atom stereocenters. The van der Waals surface area contributed by atoms with E-state index in [1.54, 1.807) is 24.3 Å². The fraction of sp³-hybridized carbons (Fsp3) is 0.300. The van der Waals surface area contributed by atoms with Crippen molar-refractivity contribution in [1.29, 1.82) is 0 Å². The van der Waals surface area contributed by atoms with Crippen molar-refractivity contribution in [3.63, 3.8) is 0 Å². The zero-order valence-electron chi connectivity index (χ0n) is 28.2. The minimum absolute atomic E-state index is 0. The maximum absolute atomic E-state index is 13.4. The van der Waals surface area contributed by atoms with Gasteiger partial charge in [-0.05, 0) is 0 Å². The first-order valence-electron chi connectivity index (χ1n) is 16.5. The van der Waals surface area contributed by atoms with Crippen LogP contribution in [0.25, 0.3) is 34.4 Å². The molecule has 0 fully saturated rings. The van der Waals surface area contributed by atoms with E-state index in [0.717, 1.165) is 59.1 Å². The van der Waals surface area contributed by atoms with Crippen molar-refractivity contribution < 1.29 is 68.1 Å². The number of benzene rings is 4. The summed E-state index contributed by atoms with van der Waals surface area (Å²) in [7, 11) is 0. The number of fused-ring (bicyclic) bond motifs is 2. The molecule has 0 saturated heterocycles. The summed E-state index contributed by atoms with van der Waals surface area (Å²) < 4.78 is 81.0. The number of hydrogen-bond donors (Lipinski definition) is 0. The van der Waals surface area contributed by atoms with Gasteiger partial charge in [-0.15, -0.1) is 0 Å². The molecule has 0 amide bonds. The molecule has 0 nitrogen and oxygen atoms in total. The van der Waals surface area contributed by atoms with Crippen LogP contribution in [0.15, 0.2) is 96.1 Å². The largest absolute Gasteiger partial charge is 1.00 e. The van der Waals surface area contributed by atoms with Crippen molar-refractivity contribution in [2.45, 2.75) is 69.0 Å². The van der Waals surface area contributed by atoms with Crippen molar-refractivity contribution in [3.05, 3.63) is 129 Å². The summed E-state index contributed by atoms with van der Waals surface area (Å²) in [5.74, 6) is 0. The van der Waals surface area contributed by atoms with Crippen molar-refractivity contribution in [2.24, 2.45) is 0 Å². The minimum atomic E-state index is -4.38. The standard InChI is InChI=1S/2C19H16F3.2CH3.2ClH.Sn.Zr/c2*1-2-4-13-11-15-5-3-6-17(18(15)12-13)14-7-9-16(10-8-14)19(20,21)22;;;;;;/h2*3,5-12H,2,4H2,1H3;2*1H3;2*1H;;/q;;;;;;;+2/p-2. The molecule has 2 unspecified atom stereocenters. The van der Waals surface area contributed by atoms with Gasteiger partial charge in [0.25, 0.3) is 0 Å². The number of halogens is 8. The molecule has 2 aliphatic carbocycles. The van der Waals surface area contributed by atoms with Crippen LogP contribution in [0.2, 0.25) is 9.88 Å². The van der Waals surface area contributed by atoms with Gasteiger partial charge in [-0.25, -0.2) is 0 Å². The third kappa shape index (κ3) is 8.06. The molecular weight excluding hydrogens is 875 g/mol. The van der Waals surface area contributed by atoms with Gasteiger partial charge in [0.2, 0.25) is 0 Å². The molecule has 50 heavy (non-hydrogen) atoms. The zero-order valence-corrected chi connectivity index (χ0v) is 35.1. The smallest absolute Gasteiger partial charge is 1.00 e. The summed E-state index contributed by atoms with van der Waals surface area (Å²) in [5.41, 5.74) is 10.2. The Bertz CT molecular complexity index is 1800. The minimum Gasteiger partial charge on any atom is -1.00 e. The Balaban J connectivity index is 0.00000281. The quantitative estimate of drug-likeness (QED) is 0.131. The molecule has 0 aromatic heterocycles. The van der Waals surface area contributed by atoms with Crippen LogP contribution in [-0.4, -0.2) is 14.6 Å². The maximum Gasteiger partial charge on any atom is -1.00 e. The Morgan fingerprint density at radius 2 is 0.920 bits per heavy atom. The topological polar surface area (TPSA) is 0 Å². The van der Waals surface area contributed by atoms with Crippen LogP contribution in [0.3, 0.4) is 0 Å². The van der Waals surface area contributed by atoms with Crippen molar-refractivity contribution in [1.82, 2.24) is 0 Å². The second-order valence-electron chi connectivity index (χ2n) is 13.0.